The summed E-state index contributed by atoms with van der Waals surface area (Å²) in [7, 11) is 0. The molecule has 0 bridgehead atoms. The van der Waals surface area contributed by atoms with Crippen molar-refractivity contribution < 1.29 is 19.4 Å². The summed E-state index contributed by atoms with van der Waals surface area (Å²) in [4.78, 5) is 11.2. The summed E-state index contributed by atoms with van der Waals surface area (Å²) in [5.41, 5.74) is 0. The SMILES string of the molecule is Cc1occc1SCC(O)CC(=O)O. The number of aliphatic hydroxyl groups is 1. The van der Waals surface area contributed by atoms with Gasteiger partial charge in [-0.25, -0.2) is 0 Å². The van der Waals surface area contributed by atoms with Gasteiger partial charge in [-0.1, -0.05) is 0 Å². The van der Waals surface area contributed by atoms with Crippen molar-refractivity contribution in [2.45, 2.75) is 24.3 Å². The van der Waals surface area contributed by atoms with Crippen LogP contribution < -0.4 is 0 Å². The largest absolute Gasteiger partial charge is 0.481 e. The molecule has 78 valence electrons. The first-order valence-corrected chi connectivity index (χ1v) is 5.15. The van der Waals surface area contributed by atoms with Gasteiger partial charge in [0.1, 0.15) is 5.76 Å². The molecule has 1 aromatic heterocycles. The summed E-state index contributed by atoms with van der Waals surface area (Å²) in [5, 5.41) is 17.7. The summed E-state index contributed by atoms with van der Waals surface area (Å²) in [6, 6.07) is 1.80. The first kappa shape index (κ1) is 11.1. The number of carboxylic acid groups (broad SMARTS) is 1. The minimum absolute atomic E-state index is 0.218. The molecule has 1 heterocycles. The van der Waals surface area contributed by atoms with Gasteiger partial charge < -0.3 is 14.6 Å². The van der Waals surface area contributed by atoms with Gasteiger partial charge in [-0.2, -0.15) is 0 Å². The van der Waals surface area contributed by atoms with E-state index in [2.05, 4.69) is 0 Å². The normalized spacial score (nSPS) is 12.7. The number of aliphatic hydroxyl groups excluding tert-OH is 1. The number of furan rings is 1. The molecule has 0 fully saturated rings. The Morgan fingerprint density at radius 3 is 2.93 bits per heavy atom. The molecule has 0 amide bonds. The first-order valence-electron chi connectivity index (χ1n) is 4.16. The molecule has 14 heavy (non-hydrogen) atoms. The Morgan fingerprint density at radius 2 is 2.43 bits per heavy atom. The van der Waals surface area contributed by atoms with Crippen LogP contribution in [0.2, 0.25) is 0 Å². The van der Waals surface area contributed by atoms with E-state index in [1.165, 1.54) is 11.8 Å². The van der Waals surface area contributed by atoms with Crippen LogP contribution in [0.3, 0.4) is 0 Å². The Hall–Kier alpha value is -0.940. The molecular weight excluding hydrogens is 204 g/mol. The van der Waals surface area contributed by atoms with Crippen molar-refractivity contribution in [3.63, 3.8) is 0 Å². The number of carboxylic acids is 1. The van der Waals surface area contributed by atoms with Gasteiger partial charge in [-0.05, 0) is 13.0 Å². The van der Waals surface area contributed by atoms with E-state index in [0.29, 0.717) is 5.75 Å². The maximum Gasteiger partial charge on any atom is 0.306 e. The van der Waals surface area contributed by atoms with E-state index in [1.807, 2.05) is 6.92 Å². The van der Waals surface area contributed by atoms with Gasteiger partial charge in [0, 0.05) is 10.6 Å². The van der Waals surface area contributed by atoms with Crippen LogP contribution in [0, 0.1) is 6.92 Å². The zero-order chi connectivity index (χ0) is 10.6. The zero-order valence-electron chi connectivity index (χ0n) is 7.77. The van der Waals surface area contributed by atoms with E-state index in [-0.39, 0.29) is 6.42 Å². The Balaban J connectivity index is 2.34. The molecule has 0 saturated heterocycles. The second-order valence-electron chi connectivity index (χ2n) is 2.90. The average Bonchev–Trinajstić information content (AvgIpc) is 2.46. The number of hydrogen-bond donors (Lipinski definition) is 2. The molecule has 0 aliphatic carbocycles. The van der Waals surface area contributed by atoms with Crippen molar-refractivity contribution in [3.05, 3.63) is 18.1 Å². The van der Waals surface area contributed by atoms with Crippen LogP contribution in [0.25, 0.3) is 0 Å². The second-order valence-corrected chi connectivity index (χ2v) is 3.97. The van der Waals surface area contributed by atoms with Crippen LogP contribution >= 0.6 is 11.8 Å². The van der Waals surface area contributed by atoms with Crippen LogP contribution in [0.4, 0.5) is 0 Å². The minimum atomic E-state index is -0.984. The molecule has 0 aromatic carbocycles. The van der Waals surface area contributed by atoms with E-state index in [1.54, 1.807) is 12.3 Å². The molecule has 1 rings (SSSR count). The monoisotopic (exact) mass is 216 g/mol. The highest BCUT2D eigenvalue weighted by molar-refractivity contribution is 7.99. The van der Waals surface area contributed by atoms with Crippen LogP contribution in [0.5, 0.6) is 0 Å². The van der Waals surface area contributed by atoms with Crippen molar-refractivity contribution in [1.82, 2.24) is 0 Å². The molecule has 1 unspecified atom stereocenters. The molecule has 5 heteroatoms. The molecular formula is C9H12O4S. The molecule has 2 N–H and O–H groups in total. The van der Waals surface area contributed by atoms with E-state index >= 15 is 0 Å². The molecule has 0 saturated carbocycles. The van der Waals surface area contributed by atoms with Crippen LogP contribution in [0.15, 0.2) is 21.6 Å². The third kappa shape index (κ3) is 3.43. The van der Waals surface area contributed by atoms with Gasteiger partial charge in [0.15, 0.2) is 0 Å². The molecule has 0 aliphatic rings. The molecule has 1 aromatic rings. The topological polar surface area (TPSA) is 70.7 Å². The second kappa shape index (κ2) is 5.07. The quantitative estimate of drug-likeness (QED) is 0.730. The fourth-order valence-electron chi connectivity index (χ4n) is 0.970. The van der Waals surface area contributed by atoms with E-state index in [9.17, 15) is 9.90 Å². The lowest BCUT2D eigenvalue weighted by atomic mass is 10.3. The highest BCUT2D eigenvalue weighted by atomic mass is 32.2. The van der Waals surface area contributed by atoms with E-state index < -0.39 is 12.1 Å². The molecule has 0 aliphatic heterocycles. The van der Waals surface area contributed by atoms with Gasteiger partial charge in [0.05, 0.1) is 18.8 Å². The standard InChI is InChI=1S/C9H12O4S/c1-6-8(2-3-13-6)14-5-7(10)4-9(11)12/h2-3,7,10H,4-5H2,1H3,(H,11,12). The van der Waals surface area contributed by atoms with Crippen molar-refractivity contribution in [2.75, 3.05) is 5.75 Å². The maximum absolute atomic E-state index is 10.3. The lowest BCUT2D eigenvalue weighted by Gasteiger charge is -2.05. The predicted octanol–water partition coefficient (Wildman–Crippen LogP) is 1.52. The fraction of sp³-hybridized carbons (Fsp3) is 0.444. The van der Waals surface area contributed by atoms with Gasteiger partial charge in [-0.3, -0.25) is 4.79 Å². The zero-order valence-corrected chi connectivity index (χ0v) is 8.58. The van der Waals surface area contributed by atoms with Gasteiger partial charge in [0.25, 0.3) is 0 Å². The Bertz CT molecular complexity index is 308. The fourth-order valence-corrected chi connectivity index (χ4v) is 1.86. The Morgan fingerprint density at radius 1 is 1.71 bits per heavy atom. The average molecular weight is 216 g/mol. The number of thioether (sulfide) groups is 1. The van der Waals surface area contributed by atoms with Crippen LogP contribution in [-0.4, -0.2) is 28.0 Å². The maximum atomic E-state index is 10.3. The van der Waals surface area contributed by atoms with Gasteiger partial charge in [-0.15, -0.1) is 11.8 Å². The summed E-state index contributed by atoms with van der Waals surface area (Å²) in [6.07, 6.45) is 0.539. The molecule has 0 radical (unpaired) electrons. The highest BCUT2D eigenvalue weighted by Crippen LogP contribution is 2.23. The van der Waals surface area contributed by atoms with E-state index in [0.717, 1.165) is 10.7 Å². The van der Waals surface area contributed by atoms with Crippen molar-refractivity contribution in [2.24, 2.45) is 0 Å². The summed E-state index contributed by atoms with van der Waals surface area (Å²) in [6.45, 7) is 1.83. The highest BCUT2D eigenvalue weighted by Gasteiger charge is 2.11. The minimum Gasteiger partial charge on any atom is -0.481 e. The van der Waals surface area contributed by atoms with Crippen molar-refractivity contribution in [1.29, 1.82) is 0 Å². The summed E-state index contributed by atoms with van der Waals surface area (Å²) < 4.78 is 5.06. The lowest BCUT2D eigenvalue weighted by Crippen LogP contribution is -2.15. The lowest BCUT2D eigenvalue weighted by molar-refractivity contribution is -0.138. The number of carbonyl (C=O) groups is 1. The number of hydrogen-bond acceptors (Lipinski definition) is 4. The molecule has 1 atom stereocenters. The summed E-state index contributed by atoms with van der Waals surface area (Å²) in [5.74, 6) is 0.173. The number of aryl methyl sites for hydroxylation is 1. The smallest absolute Gasteiger partial charge is 0.306 e. The Kier molecular flexibility index (Phi) is 4.03. The van der Waals surface area contributed by atoms with Gasteiger partial charge >= 0.3 is 5.97 Å². The third-order valence-electron chi connectivity index (χ3n) is 1.65. The predicted molar refractivity (Wildman–Crippen MR) is 52.4 cm³/mol. The number of rotatable bonds is 5. The number of aliphatic carboxylic acids is 1. The van der Waals surface area contributed by atoms with Crippen LogP contribution in [0.1, 0.15) is 12.2 Å². The Labute approximate surface area is 85.9 Å². The molecule has 4 nitrogen and oxygen atoms in total. The van der Waals surface area contributed by atoms with Gasteiger partial charge in [0.2, 0.25) is 0 Å². The third-order valence-corrected chi connectivity index (χ3v) is 2.94. The summed E-state index contributed by atoms with van der Waals surface area (Å²) >= 11 is 1.40. The molecule has 0 spiro atoms. The van der Waals surface area contributed by atoms with E-state index in [4.69, 9.17) is 9.52 Å². The van der Waals surface area contributed by atoms with Crippen LogP contribution in [-0.2, 0) is 4.79 Å². The van der Waals surface area contributed by atoms with Crippen molar-refractivity contribution >= 4 is 17.7 Å². The van der Waals surface area contributed by atoms with Crippen molar-refractivity contribution in [3.8, 4) is 0 Å². The first-order chi connectivity index (χ1) is 6.59.